The average Bonchev–Trinajstić information content (AvgIpc) is 3.35. The van der Waals surface area contributed by atoms with E-state index in [0.29, 0.717) is 39.5 Å². The van der Waals surface area contributed by atoms with Crippen molar-refractivity contribution in [1.29, 1.82) is 0 Å². The summed E-state index contributed by atoms with van der Waals surface area (Å²) in [5.41, 5.74) is 3.90. The van der Waals surface area contributed by atoms with E-state index < -0.39 is 17.6 Å². The summed E-state index contributed by atoms with van der Waals surface area (Å²) in [6.07, 6.45) is -3.03. The lowest BCUT2D eigenvalue weighted by atomic mass is 10.2. The molecule has 1 amide bonds. The zero-order valence-electron chi connectivity index (χ0n) is 21.2. The molecular formula is C28H24ClF3N4O3S. The summed E-state index contributed by atoms with van der Waals surface area (Å²) in [5.74, 6) is 0.658. The number of alkyl halides is 3. The summed E-state index contributed by atoms with van der Waals surface area (Å²) in [4.78, 5) is 16.6. The number of anilines is 2. The number of amides is 1. The molecule has 0 bridgehead atoms. The van der Waals surface area contributed by atoms with Gasteiger partial charge in [-0.15, -0.1) is 11.3 Å². The Labute approximate surface area is 237 Å². The zero-order chi connectivity index (χ0) is 28.5. The predicted molar refractivity (Wildman–Crippen MR) is 150 cm³/mol. The molecule has 1 aromatic heterocycles. The third kappa shape index (κ3) is 8.20. The molecular weight excluding hydrogens is 565 g/mol. The van der Waals surface area contributed by atoms with Crippen molar-refractivity contribution in [3.8, 4) is 11.5 Å². The first-order chi connectivity index (χ1) is 19.2. The highest BCUT2D eigenvalue weighted by Gasteiger charge is 2.30. The van der Waals surface area contributed by atoms with Crippen molar-refractivity contribution in [2.45, 2.75) is 26.1 Å². The molecule has 3 aromatic carbocycles. The third-order valence-corrected chi connectivity index (χ3v) is 6.52. The van der Waals surface area contributed by atoms with Crippen LogP contribution in [0.25, 0.3) is 0 Å². The van der Waals surface area contributed by atoms with E-state index in [4.69, 9.17) is 21.1 Å². The maximum Gasteiger partial charge on any atom is 0.416 e. The van der Waals surface area contributed by atoms with Gasteiger partial charge >= 0.3 is 6.18 Å². The van der Waals surface area contributed by atoms with Crippen molar-refractivity contribution in [2.75, 3.05) is 11.9 Å². The first-order valence-corrected chi connectivity index (χ1v) is 13.3. The second-order valence-corrected chi connectivity index (χ2v) is 9.60. The Bertz CT molecular complexity index is 1490. The summed E-state index contributed by atoms with van der Waals surface area (Å²) in [7, 11) is 0. The summed E-state index contributed by atoms with van der Waals surface area (Å²) in [6, 6.07) is 17.5. The molecule has 0 saturated carbocycles. The SMILES string of the molecule is CCOc1cc(/C=N\NC(=O)Cc2csc(Nc3cccc(C(F)(F)F)c3)n2)ccc1OCc1ccccc1Cl. The number of benzene rings is 3. The smallest absolute Gasteiger partial charge is 0.416 e. The lowest BCUT2D eigenvalue weighted by molar-refractivity contribution is -0.137. The number of hydrazone groups is 1. The second kappa shape index (κ2) is 13.3. The molecule has 0 unspecified atom stereocenters. The van der Waals surface area contributed by atoms with Crippen LogP contribution in [0.5, 0.6) is 11.5 Å². The van der Waals surface area contributed by atoms with Gasteiger partial charge in [-0.05, 0) is 55.0 Å². The maximum absolute atomic E-state index is 12.9. The van der Waals surface area contributed by atoms with Crippen molar-refractivity contribution >= 4 is 45.9 Å². The highest BCUT2D eigenvalue weighted by Crippen LogP contribution is 2.32. The highest BCUT2D eigenvalue weighted by molar-refractivity contribution is 7.13. The van der Waals surface area contributed by atoms with Crippen LogP contribution in [-0.4, -0.2) is 23.7 Å². The van der Waals surface area contributed by atoms with Crippen LogP contribution in [0.4, 0.5) is 24.0 Å². The quantitative estimate of drug-likeness (QED) is 0.143. The second-order valence-electron chi connectivity index (χ2n) is 8.34. The molecule has 2 N–H and O–H groups in total. The van der Waals surface area contributed by atoms with Gasteiger partial charge in [0.15, 0.2) is 16.6 Å². The molecule has 0 fully saturated rings. The fraction of sp³-hybridized carbons (Fsp3) is 0.179. The first-order valence-electron chi connectivity index (χ1n) is 12.0. The van der Waals surface area contributed by atoms with Crippen LogP contribution >= 0.6 is 22.9 Å². The standard InChI is InChI=1S/C28H24ClF3N4O3S/c1-2-38-25-12-18(10-11-24(25)39-16-19-6-3-4-9-23(19)29)15-33-36-26(37)14-22-17-40-27(35-22)34-21-8-5-7-20(13-21)28(30,31)32/h3-13,15,17H,2,14,16H2,1H3,(H,34,35)(H,36,37)/b33-15-. The number of nitrogens with one attached hydrogen (secondary N) is 2. The van der Waals surface area contributed by atoms with Gasteiger partial charge in [-0.2, -0.15) is 18.3 Å². The van der Waals surface area contributed by atoms with Crippen LogP contribution in [-0.2, 0) is 24.0 Å². The van der Waals surface area contributed by atoms with Crippen molar-refractivity contribution in [3.05, 3.63) is 99.5 Å². The Hall–Kier alpha value is -4.09. The lowest BCUT2D eigenvalue weighted by Crippen LogP contribution is -2.19. The Morgan fingerprint density at radius 1 is 1.07 bits per heavy atom. The van der Waals surface area contributed by atoms with Gasteiger partial charge in [0.25, 0.3) is 0 Å². The number of carbonyl (C=O) groups is 1. The summed E-state index contributed by atoms with van der Waals surface area (Å²) in [6.45, 7) is 2.56. The molecule has 40 heavy (non-hydrogen) atoms. The zero-order valence-corrected chi connectivity index (χ0v) is 22.7. The monoisotopic (exact) mass is 588 g/mol. The number of nitrogens with zero attached hydrogens (tertiary/aromatic N) is 2. The fourth-order valence-corrected chi connectivity index (χ4v) is 4.41. The van der Waals surface area contributed by atoms with Crippen LogP contribution in [0.2, 0.25) is 5.02 Å². The summed E-state index contributed by atoms with van der Waals surface area (Å²) >= 11 is 7.38. The van der Waals surface area contributed by atoms with Gasteiger partial charge in [-0.3, -0.25) is 4.79 Å². The van der Waals surface area contributed by atoms with E-state index >= 15 is 0 Å². The Balaban J connectivity index is 1.31. The molecule has 0 aliphatic heterocycles. The molecule has 0 aliphatic rings. The number of aromatic nitrogens is 1. The van der Waals surface area contributed by atoms with Gasteiger partial charge in [0.05, 0.1) is 30.5 Å². The van der Waals surface area contributed by atoms with Crippen molar-refractivity contribution < 1.29 is 27.4 Å². The summed E-state index contributed by atoms with van der Waals surface area (Å²) < 4.78 is 50.4. The fourth-order valence-electron chi connectivity index (χ4n) is 3.49. The van der Waals surface area contributed by atoms with Crippen molar-refractivity contribution in [2.24, 2.45) is 5.10 Å². The normalized spacial score (nSPS) is 11.4. The molecule has 1 heterocycles. The number of ether oxygens (including phenoxy) is 2. The van der Waals surface area contributed by atoms with Crippen molar-refractivity contribution in [1.82, 2.24) is 10.4 Å². The molecule has 7 nitrogen and oxygen atoms in total. The van der Waals surface area contributed by atoms with Gasteiger partial charge in [-0.1, -0.05) is 35.9 Å². The Kier molecular flexibility index (Phi) is 9.62. The Morgan fingerprint density at radius 3 is 2.67 bits per heavy atom. The number of hydrogen-bond acceptors (Lipinski definition) is 7. The number of carbonyl (C=O) groups excluding carboxylic acids is 1. The van der Waals surface area contributed by atoms with Crippen LogP contribution in [0.3, 0.4) is 0 Å². The minimum atomic E-state index is -4.44. The molecule has 0 saturated heterocycles. The molecule has 12 heteroatoms. The number of halogens is 4. The average molecular weight is 589 g/mol. The Morgan fingerprint density at radius 2 is 1.90 bits per heavy atom. The van der Waals surface area contributed by atoms with E-state index in [-0.39, 0.29) is 18.7 Å². The molecule has 0 aliphatic carbocycles. The van der Waals surface area contributed by atoms with E-state index in [1.807, 2.05) is 25.1 Å². The van der Waals surface area contributed by atoms with Gasteiger partial charge < -0.3 is 14.8 Å². The largest absolute Gasteiger partial charge is 0.490 e. The molecule has 4 aromatic rings. The molecule has 0 atom stereocenters. The van der Waals surface area contributed by atoms with Gasteiger partial charge in [0, 0.05) is 21.7 Å². The van der Waals surface area contributed by atoms with Crippen LogP contribution < -0.4 is 20.2 Å². The van der Waals surface area contributed by atoms with Gasteiger partial charge in [0.2, 0.25) is 5.91 Å². The molecule has 0 spiro atoms. The van der Waals surface area contributed by atoms with Crippen LogP contribution in [0, 0.1) is 0 Å². The van der Waals surface area contributed by atoms with E-state index in [1.165, 1.54) is 29.7 Å². The molecule has 208 valence electrons. The maximum atomic E-state index is 12.9. The lowest BCUT2D eigenvalue weighted by Gasteiger charge is -2.13. The number of thiazole rings is 1. The minimum absolute atomic E-state index is 0.0584. The highest BCUT2D eigenvalue weighted by atomic mass is 35.5. The third-order valence-electron chi connectivity index (χ3n) is 5.35. The topological polar surface area (TPSA) is 84.8 Å². The van der Waals surface area contributed by atoms with Crippen molar-refractivity contribution in [3.63, 3.8) is 0 Å². The molecule has 0 radical (unpaired) electrons. The van der Waals surface area contributed by atoms with Crippen LogP contribution in [0.15, 0.2) is 77.2 Å². The van der Waals surface area contributed by atoms with E-state index in [1.54, 1.807) is 29.6 Å². The van der Waals surface area contributed by atoms with E-state index in [0.717, 1.165) is 17.7 Å². The van der Waals surface area contributed by atoms with Crippen LogP contribution in [0.1, 0.15) is 29.3 Å². The summed E-state index contributed by atoms with van der Waals surface area (Å²) in [5, 5.41) is 9.46. The number of rotatable bonds is 11. The molecule has 4 rings (SSSR count). The first kappa shape index (κ1) is 28.9. The predicted octanol–water partition coefficient (Wildman–Crippen LogP) is 7.23. The van der Waals surface area contributed by atoms with Gasteiger partial charge in [0.1, 0.15) is 6.61 Å². The van der Waals surface area contributed by atoms with Gasteiger partial charge in [-0.25, -0.2) is 10.4 Å². The van der Waals surface area contributed by atoms with E-state index in [2.05, 4.69) is 20.8 Å². The van der Waals surface area contributed by atoms with E-state index in [9.17, 15) is 18.0 Å². The minimum Gasteiger partial charge on any atom is -0.490 e. The number of hydrogen-bond donors (Lipinski definition) is 2.